The van der Waals surface area contributed by atoms with E-state index >= 15 is 0 Å². The summed E-state index contributed by atoms with van der Waals surface area (Å²) < 4.78 is 0. The second-order valence-corrected chi connectivity index (χ2v) is 3.09. The first-order valence-corrected chi connectivity index (χ1v) is 4.26. The van der Waals surface area contributed by atoms with Gasteiger partial charge in [0.25, 0.3) is 0 Å². The van der Waals surface area contributed by atoms with Crippen LogP contribution in [0.1, 0.15) is 11.6 Å². The molecule has 1 aromatic carbocycles. The van der Waals surface area contributed by atoms with Gasteiger partial charge in [-0.3, -0.25) is 0 Å². The minimum absolute atomic E-state index is 0.146. The molecule has 0 aliphatic carbocycles. The van der Waals surface area contributed by atoms with Crippen LogP contribution in [-0.2, 0) is 0 Å². The van der Waals surface area contributed by atoms with E-state index in [9.17, 15) is 5.11 Å². The Bertz CT molecular complexity index is 373. The lowest BCUT2D eigenvalue weighted by Crippen LogP contribution is -2.32. The standard InChI is InChI=1S/C9H10N4O/c10-5-8-9(12-13-11-8)6-2-1-3-7(14)4-6/h1-4,8-9,11-14H. The van der Waals surface area contributed by atoms with Crippen LogP contribution in [0.5, 0.6) is 5.75 Å². The normalized spacial score (nSPS) is 25.9. The maximum absolute atomic E-state index is 9.28. The van der Waals surface area contributed by atoms with Gasteiger partial charge in [0.2, 0.25) is 0 Å². The van der Waals surface area contributed by atoms with Gasteiger partial charge in [0, 0.05) is 0 Å². The van der Waals surface area contributed by atoms with E-state index in [1.54, 1.807) is 18.2 Å². The molecule has 1 heterocycles. The molecule has 1 fully saturated rings. The molecule has 2 atom stereocenters. The van der Waals surface area contributed by atoms with E-state index in [0.29, 0.717) is 0 Å². The van der Waals surface area contributed by atoms with Gasteiger partial charge in [-0.15, -0.1) is 0 Å². The first-order valence-electron chi connectivity index (χ1n) is 4.26. The minimum Gasteiger partial charge on any atom is -0.508 e. The molecule has 5 nitrogen and oxygen atoms in total. The van der Waals surface area contributed by atoms with Crippen molar-refractivity contribution in [1.29, 1.82) is 5.26 Å². The Morgan fingerprint density at radius 1 is 1.36 bits per heavy atom. The third kappa shape index (κ3) is 1.54. The molecule has 5 heteroatoms. The molecule has 1 aliphatic heterocycles. The predicted octanol–water partition coefficient (Wildman–Crippen LogP) is -0.0621. The molecular weight excluding hydrogens is 180 g/mol. The van der Waals surface area contributed by atoms with Crippen LogP contribution in [0.15, 0.2) is 24.3 Å². The van der Waals surface area contributed by atoms with Gasteiger partial charge in [0.15, 0.2) is 0 Å². The van der Waals surface area contributed by atoms with E-state index in [-0.39, 0.29) is 17.8 Å². The summed E-state index contributed by atoms with van der Waals surface area (Å²) in [7, 11) is 0. The van der Waals surface area contributed by atoms with Crippen molar-refractivity contribution in [2.75, 3.05) is 0 Å². The van der Waals surface area contributed by atoms with Crippen molar-refractivity contribution in [3.8, 4) is 11.8 Å². The smallest absolute Gasteiger partial charge is 0.130 e. The van der Waals surface area contributed by atoms with E-state index < -0.39 is 0 Å². The quantitative estimate of drug-likeness (QED) is 0.499. The number of hydrogen-bond donors (Lipinski definition) is 4. The molecule has 72 valence electrons. The number of hydrogen-bond acceptors (Lipinski definition) is 5. The van der Waals surface area contributed by atoms with Crippen LogP contribution in [0, 0.1) is 11.3 Å². The lowest BCUT2D eigenvalue weighted by molar-refractivity contribution is 0.472. The van der Waals surface area contributed by atoms with Gasteiger partial charge in [-0.25, -0.2) is 10.9 Å². The number of nitrogens with zero attached hydrogens (tertiary/aromatic N) is 1. The largest absolute Gasteiger partial charge is 0.508 e. The summed E-state index contributed by atoms with van der Waals surface area (Å²) >= 11 is 0. The fourth-order valence-electron chi connectivity index (χ4n) is 1.46. The summed E-state index contributed by atoms with van der Waals surface area (Å²) in [6.45, 7) is 0. The van der Waals surface area contributed by atoms with Gasteiger partial charge in [-0.1, -0.05) is 12.1 Å². The first-order chi connectivity index (χ1) is 6.81. The highest BCUT2D eigenvalue weighted by molar-refractivity contribution is 5.31. The van der Waals surface area contributed by atoms with E-state index in [1.807, 2.05) is 6.07 Å². The summed E-state index contributed by atoms with van der Waals surface area (Å²) in [5.41, 5.74) is 9.23. The van der Waals surface area contributed by atoms with Crippen molar-refractivity contribution < 1.29 is 5.11 Å². The van der Waals surface area contributed by atoms with Crippen molar-refractivity contribution in [3.05, 3.63) is 29.8 Å². The van der Waals surface area contributed by atoms with Gasteiger partial charge in [0.05, 0.1) is 12.1 Å². The second kappa shape index (κ2) is 3.64. The summed E-state index contributed by atoms with van der Waals surface area (Å²) in [5.74, 6) is 0.202. The molecule has 0 bridgehead atoms. The third-order valence-corrected chi connectivity index (χ3v) is 2.16. The number of benzene rings is 1. The Labute approximate surface area is 81.3 Å². The monoisotopic (exact) mass is 190 g/mol. The van der Waals surface area contributed by atoms with Gasteiger partial charge in [-0.2, -0.15) is 10.8 Å². The number of hydrazine groups is 2. The Hall–Kier alpha value is -1.61. The van der Waals surface area contributed by atoms with Crippen molar-refractivity contribution >= 4 is 0 Å². The molecule has 1 saturated heterocycles. The maximum Gasteiger partial charge on any atom is 0.130 e. The number of nitriles is 1. The van der Waals surface area contributed by atoms with E-state index in [2.05, 4.69) is 22.5 Å². The SMILES string of the molecule is N#CC1NNNC1c1cccc(O)c1. The fraction of sp³-hybridized carbons (Fsp3) is 0.222. The molecule has 1 aliphatic rings. The van der Waals surface area contributed by atoms with Crippen LogP contribution >= 0.6 is 0 Å². The van der Waals surface area contributed by atoms with Gasteiger partial charge in [-0.05, 0) is 17.7 Å². The summed E-state index contributed by atoms with van der Waals surface area (Å²) in [5, 5.41) is 18.1. The molecule has 2 unspecified atom stereocenters. The molecule has 0 saturated carbocycles. The zero-order chi connectivity index (χ0) is 9.97. The van der Waals surface area contributed by atoms with E-state index in [4.69, 9.17) is 5.26 Å². The molecule has 0 spiro atoms. The van der Waals surface area contributed by atoms with Crippen LogP contribution in [0.4, 0.5) is 0 Å². The van der Waals surface area contributed by atoms with E-state index in [1.165, 1.54) is 0 Å². The van der Waals surface area contributed by atoms with Crippen molar-refractivity contribution in [1.82, 2.24) is 16.4 Å². The van der Waals surface area contributed by atoms with Crippen LogP contribution in [0.2, 0.25) is 0 Å². The first kappa shape index (κ1) is 8.97. The van der Waals surface area contributed by atoms with Gasteiger partial charge in [0.1, 0.15) is 11.8 Å². The van der Waals surface area contributed by atoms with Gasteiger partial charge >= 0.3 is 0 Å². The summed E-state index contributed by atoms with van der Waals surface area (Å²) in [6, 6.07) is 8.47. The zero-order valence-electron chi connectivity index (χ0n) is 7.36. The highest BCUT2D eigenvalue weighted by Gasteiger charge is 2.27. The minimum atomic E-state index is -0.336. The van der Waals surface area contributed by atoms with Crippen LogP contribution < -0.4 is 16.4 Å². The van der Waals surface area contributed by atoms with Crippen LogP contribution in [-0.4, -0.2) is 11.1 Å². The Morgan fingerprint density at radius 2 is 2.21 bits per heavy atom. The Balaban J connectivity index is 2.27. The zero-order valence-corrected chi connectivity index (χ0v) is 7.36. The lowest BCUT2D eigenvalue weighted by Gasteiger charge is -2.11. The predicted molar refractivity (Wildman–Crippen MR) is 49.7 cm³/mol. The topological polar surface area (TPSA) is 80.1 Å². The number of phenols is 1. The molecule has 4 N–H and O–H groups in total. The average Bonchev–Trinajstić information content (AvgIpc) is 2.65. The molecule has 1 aromatic rings. The van der Waals surface area contributed by atoms with Gasteiger partial charge < -0.3 is 5.11 Å². The maximum atomic E-state index is 9.28. The molecular formula is C9H10N4O. The fourth-order valence-corrected chi connectivity index (χ4v) is 1.46. The molecule has 0 aromatic heterocycles. The number of nitrogens with one attached hydrogen (secondary N) is 3. The molecule has 0 amide bonds. The molecule has 0 radical (unpaired) electrons. The lowest BCUT2D eigenvalue weighted by atomic mass is 10.0. The highest BCUT2D eigenvalue weighted by Crippen LogP contribution is 2.21. The second-order valence-electron chi connectivity index (χ2n) is 3.09. The highest BCUT2D eigenvalue weighted by atomic mass is 16.3. The van der Waals surface area contributed by atoms with Crippen molar-refractivity contribution in [2.24, 2.45) is 0 Å². The Kier molecular flexibility index (Phi) is 2.33. The Morgan fingerprint density at radius 3 is 2.93 bits per heavy atom. The summed E-state index contributed by atoms with van der Waals surface area (Å²) in [4.78, 5) is 0. The third-order valence-electron chi connectivity index (χ3n) is 2.16. The van der Waals surface area contributed by atoms with E-state index in [0.717, 1.165) is 5.56 Å². The number of rotatable bonds is 1. The van der Waals surface area contributed by atoms with Crippen LogP contribution in [0.3, 0.4) is 0 Å². The molecule has 14 heavy (non-hydrogen) atoms. The summed E-state index contributed by atoms with van der Waals surface area (Å²) in [6.07, 6.45) is 0. The number of phenolic OH excluding ortho intramolecular Hbond substituents is 1. The van der Waals surface area contributed by atoms with Crippen molar-refractivity contribution in [3.63, 3.8) is 0 Å². The van der Waals surface area contributed by atoms with Crippen LogP contribution in [0.25, 0.3) is 0 Å². The average molecular weight is 190 g/mol. The van der Waals surface area contributed by atoms with Crippen molar-refractivity contribution in [2.45, 2.75) is 12.1 Å². The number of aromatic hydroxyl groups is 1. The molecule has 2 rings (SSSR count).